The molecule has 0 fully saturated rings. The van der Waals surface area contributed by atoms with Crippen LogP contribution in [-0.2, 0) is 0 Å². The summed E-state index contributed by atoms with van der Waals surface area (Å²) in [5.74, 6) is 1.09. The third-order valence-corrected chi connectivity index (χ3v) is 1.77. The largest absolute Gasteiger partial charge is 0.497 e. The molecule has 0 amide bonds. The van der Waals surface area contributed by atoms with Crippen LogP contribution < -0.4 is 10.5 Å². The van der Waals surface area contributed by atoms with E-state index < -0.39 is 0 Å². The smallest absolute Gasteiger partial charge is 0.247 e. The lowest BCUT2D eigenvalue weighted by Crippen LogP contribution is -1.90. The molecule has 2 aromatic rings. The Morgan fingerprint density at radius 1 is 1.36 bits per heavy atom. The Hall–Kier alpha value is -2.04. The predicted octanol–water partition coefficient (Wildman–Crippen LogP) is 1.33. The highest BCUT2D eigenvalue weighted by Gasteiger charge is 2.06. The molecule has 14 heavy (non-hydrogen) atoms. The number of rotatable bonds is 2. The second-order valence-corrected chi connectivity index (χ2v) is 2.74. The third-order valence-electron chi connectivity index (χ3n) is 1.77. The lowest BCUT2D eigenvalue weighted by Gasteiger charge is -2.02. The lowest BCUT2D eigenvalue weighted by molar-refractivity contribution is 0.415. The lowest BCUT2D eigenvalue weighted by atomic mass is 10.2. The minimum Gasteiger partial charge on any atom is -0.497 e. The van der Waals surface area contributed by atoms with Crippen molar-refractivity contribution in [3.05, 3.63) is 24.6 Å². The quantitative estimate of drug-likeness (QED) is 0.725. The predicted molar refractivity (Wildman–Crippen MR) is 50.7 cm³/mol. The number of aromatic nitrogens is 2. The van der Waals surface area contributed by atoms with Crippen molar-refractivity contribution in [2.45, 2.75) is 0 Å². The van der Waals surface area contributed by atoms with Crippen LogP contribution in [0.4, 0.5) is 5.69 Å². The number of nitrogens with zero attached hydrogens (tertiary/aromatic N) is 2. The number of benzene rings is 1. The summed E-state index contributed by atoms with van der Waals surface area (Å²) in [5, 5.41) is 7.36. The van der Waals surface area contributed by atoms with E-state index in [0.29, 0.717) is 17.3 Å². The minimum absolute atomic E-state index is 0.426. The third kappa shape index (κ3) is 1.52. The van der Waals surface area contributed by atoms with Gasteiger partial charge in [0, 0.05) is 17.3 Å². The molecule has 0 radical (unpaired) electrons. The van der Waals surface area contributed by atoms with Crippen molar-refractivity contribution >= 4 is 5.69 Å². The molecule has 5 nitrogen and oxygen atoms in total. The van der Waals surface area contributed by atoms with Crippen molar-refractivity contribution in [2.75, 3.05) is 12.8 Å². The van der Waals surface area contributed by atoms with Crippen LogP contribution in [0, 0.1) is 0 Å². The average molecular weight is 191 g/mol. The number of anilines is 1. The Labute approximate surface area is 80.5 Å². The van der Waals surface area contributed by atoms with Gasteiger partial charge in [-0.05, 0) is 12.1 Å². The highest BCUT2D eigenvalue weighted by molar-refractivity contribution is 5.63. The second-order valence-electron chi connectivity index (χ2n) is 2.74. The molecular formula is C9H9N3O2. The Kier molecular flexibility index (Phi) is 2.06. The molecule has 0 spiro atoms. The highest BCUT2D eigenvalue weighted by Crippen LogP contribution is 2.25. The number of hydrogen-bond acceptors (Lipinski definition) is 5. The monoisotopic (exact) mass is 191 g/mol. The first-order valence-electron chi connectivity index (χ1n) is 4.00. The van der Waals surface area contributed by atoms with Crippen molar-refractivity contribution in [3.8, 4) is 17.2 Å². The summed E-state index contributed by atoms with van der Waals surface area (Å²) in [7, 11) is 1.58. The SMILES string of the molecule is COc1cc(N)cc(-c2nnco2)c1. The van der Waals surface area contributed by atoms with Crippen LogP contribution >= 0.6 is 0 Å². The maximum atomic E-state index is 5.67. The topological polar surface area (TPSA) is 74.2 Å². The zero-order chi connectivity index (χ0) is 9.97. The maximum absolute atomic E-state index is 5.67. The van der Waals surface area contributed by atoms with E-state index in [-0.39, 0.29) is 0 Å². The van der Waals surface area contributed by atoms with Crippen LogP contribution in [0.3, 0.4) is 0 Å². The summed E-state index contributed by atoms with van der Waals surface area (Å²) < 4.78 is 10.1. The summed E-state index contributed by atoms with van der Waals surface area (Å²) in [6, 6.07) is 5.25. The van der Waals surface area contributed by atoms with Gasteiger partial charge < -0.3 is 14.9 Å². The summed E-state index contributed by atoms with van der Waals surface area (Å²) >= 11 is 0. The van der Waals surface area contributed by atoms with Crippen molar-refractivity contribution in [1.82, 2.24) is 10.2 Å². The first-order chi connectivity index (χ1) is 6.79. The Bertz CT molecular complexity index is 426. The van der Waals surface area contributed by atoms with Crippen molar-refractivity contribution in [2.24, 2.45) is 0 Å². The van der Waals surface area contributed by atoms with Crippen molar-refractivity contribution < 1.29 is 9.15 Å². The fourth-order valence-corrected chi connectivity index (χ4v) is 1.16. The molecule has 1 aromatic carbocycles. The molecule has 0 saturated carbocycles. The summed E-state index contributed by atoms with van der Waals surface area (Å²) in [6.45, 7) is 0. The Balaban J connectivity index is 2.48. The van der Waals surface area contributed by atoms with Gasteiger partial charge in [-0.15, -0.1) is 10.2 Å². The van der Waals surface area contributed by atoms with E-state index in [1.54, 1.807) is 25.3 Å². The second kappa shape index (κ2) is 3.37. The van der Waals surface area contributed by atoms with Gasteiger partial charge in [0.05, 0.1) is 7.11 Å². The van der Waals surface area contributed by atoms with Gasteiger partial charge in [-0.1, -0.05) is 0 Å². The van der Waals surface area contributed by atoms with Crippen LogP contribution in [0.1, 0.15) is 0 Å². The molecule has 0 aliphatic rings. The van der Waals surface area contributed by atoms with Crippen LogP contribution in [0.2, 0.25) is 0 Å². The zero-order valence-corrected chi connectivity index (χ0v) is 7.60. The van der Waals surface area contributed by atoms with Crippen molar-refractivity contribution in [1.29, 1.82) is 0 Å². The normalized spacial score (nSPS) is 10.1. The number of nitrogens with two attached hydrogens (primary N) is 1. The molecular weight excluding hydrogens is 182 g/mol. The van der Waals surface area contributed by atoms with Crippen LogP contribution in [0.15, 0.2) is 29.0 Å². The molecule has 0 atom stereocenters. The van der Waals surface area contributed by atoms with E-state index in [0.717, 1.165) is 5.56 Å². The van der Waals surface area contributed by atoms with E-state index in [1.165, 1.54) is 6.39 Å². The molecule has 0 unspecified atom stereocenters. The molecule has 2 N–H and O–H groups in total. The first kappa shape index (κ1) is 8.55. The first-order valence-corrected chi connectivity index (χ1v) is 4.00. The van der Waals surface area contributed by atoms with E-state index in [1.807, 2.05) is 0 Å². The van der Waals surface area contributed by atoms with Crippen LogP contribution in [0.5, 0.6) is 5.75 Å². The Morgan fingerprint density at radius 2 is 2.21 bits per heavy atom. The molecule has 0 saturated heterocycles. The van der Waals surface area contributed by atoms with Crippen LogP contribution in [-0.4, -0.2) is 17.3 Å². The molecule has 1 aromatic heterocycles. The fraction of sp³-hybridized carbons (Fsp3) is 0.111. The number of hydrogen-bond donors (Lipinski definition) is 1. The Morgan fingerprint density at radius 3 is 2.86 bits per heavy atom. The van der Waals surface area contributed by atoms with E-state index in [9.17, 15) is 0 Å². The van der Waals surface area contributed by atoms with Gasteiger partial charge in [0.25, 0.3) is 0 Å². The molecule has 5 heteroatoms. The van der Waals surface area contributed by atoms with Gasteiger partial charge in [0.15, 0.2) is 0 Å². The van der Waals surface area contributed by atoms with E-state index in [4.69, 9.17) is 14.9 Å². The molecule has 1 heterocycles. The number of nitrogen functional groups attached to an aromatic ring is 1. The summed E-state index contributed by atoms with van der Waals surface area (Å²) in [6.07, 6.45) is 1.27. The van der Waals surface area contributed by atoms with Gasteiger partial charge in [-0.2, -0.15) is 0 Å². The molecule has 72 valence electrons. The molecule has 0 bridgehead atoms. The maximum Gasteiger partial charge on any atom is 0.247 e. The van der Waals surface area contributed by atoms with Gasteiger partial charge in [-0.3, -0.25) is 0 Å². The van der Waals surface area contributed by atoms with E-state index >= 15 is 0 Å². The minimum atomic E-state index is 0.426. The van der Waals surface area contributed by atoms with E-state index in [2.05, 4.69) is 10.2 Å². The number of ether oxygens (including phenoxy) is 1. The zero-order valence-electron chi connectivity index (χ0n) is 7.60. The van der Waals surface area contributed by atoms with Crippen LogP contribution in [0.25, 0.3) is 11.5 Å². The van der Waals surface area contributed by atoms with Gasteiger partial charge in [-0.25, -0.2) is 0 Å². The highest BCUT2D eigenvalue weighted by atomic mass is 16.5. The molecule has 0 aliphatic carbocycles. The summed E-state index contributed by atoms with van der Waals surface area (Å²) in [4.78, 5) is 0. The molecule has 0 aliphatic heterocycles. The van der Waals surface area contributed by atoms with Gasteiger partial charge in [0.2, 0.25) is 12.3 Å². The summed E-state index contributed by atoms with van der Waals surface area (Å²) in [5.41, 5.74) is 7.02. The van der Waals surface area contributed by atoms with Crippen molar-refractivity contribution in [3.63, 3.8) is 0 Å². The fourth-order valence-electron chi connectivity index (χ4n) is 1.16. The van der Waals surface area contributed by atoms with Gasteiger partial charge in [0.1, 0.15) is 5.75 Å². The average Bonchev–Trinajstić information content (AvgIpc) is 2.69. The van der Waals surface area contributed by atoms with Gasteiger partial charge >= 0.3 is 0 Å². The standard InChI is InChI=1S/C9H9N3O2/c1-13-8-3-6(2-7(10)4-8)9-12-11-5-14-9/h2-5H,10H2,1H3. The molecule has 2 rings (SSSR count). The number of methoxy groups -OCH3 is 1.